The van der Waals surface area contributed by atoms with Gasteiger partial charge in [0.1, 0.15) is 5.82 Å². The number of nitrogens with one attached hydrogen (secondary N) is 1. The van der Waals surface area contributed by atoms with E-state index in [0.29, 0.717) is 5.56 Å². The van der Waals surface area contributed by atoms with Gasteiger partial charge >= 0.3 is 0 Å². The van der Waals surface area contributed by atoms with Crippen LogP contribution >= 0.6 is 0 Å². The van der Waals surface area contributed by atoms with Crippen LogP contribution in [0.3, 0.4) is 0 Å². The largest absolute Gasteiger partial charge is 0.380 e. The Morgan fingerprint density at radius 3 is 2.64 bits per heavy atom. The van der Waals surface area contributed by atoms with Crippen molar-refractivity contribution in [3.63, 3.8) is 0 Å². The van der Waals surface area contributed by atoms with E-state index in [1.165, 1.54) is 17.0 Å². The molecule has 2 atom stereocenters. The highest BCUT2D eigenvalue weighted by Gasteiger charge is 2.45. The molecule has 2 amide bonds. The van der Waals surface area contributed by atoms with Crippen LogP contribution in [-0.4, -0.2) is 50.7 Å². The van der Waals surface area contributed by atoms with Crippen molar-refractivity contribution in [1.82, 2.24) is 15.2 Å². The highest BCUT2D eigenvalue weighted by molar-refractivity contribution is 5.94. The van der Waals surface area contributed by atoms with Crippen LogP contribution in [0.15, 0.2) is 60.8 Å². The number of hydrogen-bond acceptors (Lipinski definition) is 6. The van der Waals surface area contributed by atoms with Crippen molar-refractivity contribution < 1.29 is 28.9 Å². The van der Waals surface area contributed by atoms with Gasteiger partial charge in [0.15, 0.2) is 11.7 Å². The number of amides is 2. The number of aliphatic hydroxyl groups is 2. The average molecular weight is 494 g/mol. The Hall–Kier alpha value is -3.66. The molecule has 1 aliphatic rings. The third-order valence-electron chi connectivity index (χ3n) is 6.31. The number of fused-ring (bicyclic) bond motifs is 1. The van der Waals surface area contributed by atoms with Gasteiger partial charge in [-0.25, -0.2) is 4.39 Å². The van der Waals surface area contributed by atoms with E-state index in [1.807, 2.05) is 18.2 Å². The molecule has 0 saturated heterocycles. The van der Waals surface area contributed by atoms with E-state index < -0.39 is 23.5 Å². The molecule has 0 saturated carbocycles. The normalized spacial score (nSPS) is 15.2. The molecule has 0 aliphatic carbocycles. The lowest BCUT2D eigenvalue weighted by atomic mass is 9.96. The van der Waals surface area contributed by atoms with Crippen molar-refractivity contribution in [3.05, 3.63) is 89.0 Å². The van der Waals surface area contributed by atoms with Crippen LogP contribution in [0, 0.1) is 5.82 Å². The van der Waals surface area contributed by atoms with Crippen molar-refractivity contribution in [2.24, 2.45) is 0 Å². The minimum absolute atomic E-state index is 0.0730. The number of carbonyl (C=O) groups excluding carboxylic acids is 2. The summed E-state index contributed by atoms with van der Waals surface area (Å²) in [6.07, 6.45) is -0.315. The van der Waals surface area contributed by atoms with E-state index in [4.69, 9.17) is 4.74 Å². The second kappa shape index (κ2) is 10.5. The van der Waals surface area contributed by atoms with Gasteiger partial charge in [-0.15, -0.1) is 0 Å². The lowest BCUT2D eigenvalue weighted by molar-refractivity contribution is -0.166. The summed E-state index contributed by atoms with van der Waals surface area (Å²) in [7, 11) is 1.54. The molecular weight excluding hydrogens is 465 g/mol. The molecule has 1 aliphatic heterocycles. The van der Waals surface area contributed by atoms with Crippen LogP contribution in [0.4, 0.5) is 4.39 Å². The van der Waals surface area contributed by atoms with Gasteiger partial charge in [-0.05, 0) is 52.9 Å². The second-order valence-electron chi connectivity index (χ2n) is 8.97. The van der Waals surface area contributed by atoms with E-state index in [2.05, 4.69) is 10.3 Å². The molecule has 0 radical (unpaired) electrons. The molecule has 0 fully saturated rings. The van der Waals surface area contributed by atoms with Gasteiger partial charge in [0.05, 0.1) is 18.8 Å². The van der Waals surface area contributed by atoms with E-state index in [9.17, 15) is 24.2 Å². The predicted octanol–water partition coefficient (Wildman–Crippen LogP) is 2.30. The fourth-order valence-corrected chi connectivity index (χ4v) is 4.18. The second-order valence-corrected chi connectivity index (χ2v) is 8.97. The van der Waals surface area contributed by atoms with Crippen LogP contribution in [0.25, 0.3) is 11.1 Å². The number of aromatic nitrogens is 1. The summed E-state index contributed by atoms with van der Waals surface area (Å²) < 4.78 is 18.8. The van der Waals surface area contributed by atoms with Crippen LogP contribution in [0.5, 0.6) is 0 Å². The monoisotopic (exact) mass is 493 g/mol. The number of benzene rings is 2. The molecule has 36 heavy (non-hydrogen) atoms. The first-order valence-electron chi connectivity index (χ1n) is 11.5. The third kappa shape index (κ3) is 5.28. The highest BCUT2D eigenvalue weighted by Crippen LogP contribution is 2.26. The fraction of sp³-hybridized carbons (Fsp3) is 0.296. The molecule has 3 aromatic rings. The maximum Gasteiger partial charge on any atom is 0.255 e. The first-order chi connectivity index (χ1) is 17.2. The zero-order chi connectivity index (χ0) is 25.9. The Bertz CT molecular complexity index is 1240. The molecule has 3 N–H and O–H groups in total. The fourth-order valence-electron chi connectivity index (χ4n) is 4.18. The number of methoxy groups -OCH3 is 1. The van der Waals surface area contributed by atoms with Crippen molar-refractivity contribution >= 4 is 11.8 Å². The molecule has 0 spiro atoms. The maximum absolute atomic E-state index is 13.6. The van der Waals surface area contributed by atoms with Gasteiger partial charge in [0.2, 0.25) is 0 Å². The number of aliphatic hydroxyl groups excluding tert-OH is 1. The van der Waals surface area contributed by atoms with Gasteiger partial charge in [-0.2, -0.15) is 0 Å². The van der Waals surface area contributed by atoms with Crippen LogP contribution in [0.2, 0.25) is 0 Å². The summed E-state index contributed by atoms with van der Waals surface area (Å²) in [5.74, 6) is -1.96. The molecule has 1 aromatic heterocycles. The smallest absolute Gasteiger partial charge is 0.255 e. The number of hydrogen-bond donors (Lipinski definition) is 3. The van der Waals surface area contributed by atoms with Crippen molar-refractivity contribution in [3.8, 4) is 11.1 Å². The summed E-state index contributed by atoms with van der Waals surface area (Å²) in [6.45, 7) is 1.91. The number of rotatable bonds is 8. The lowest BCUT2D eigenvalue weighted by Gasteiger charge is -2.29. The summed E-state index contributed by atoms with van der Waals surface area (Å²) in [6, 6.07) is 15.4. The number of pyridine rings is 1. The number of nitrogens with zero attached hydrogens (tertiary/aromatic N) is 2. The van der Waals surface area contributed by atoms with Gasteiger partial charge in [0, 0.05) is 26.4 Å². The van der Waals surface area contributed by atoms with E-state index in [-0.39, 0.29) is 32.1 Å². The topological polar surface area (TPSA) is 112 Å². The standard InChI is InChI=1S/C27H28FN3O5/c1-27(35,24(32)25(33)31-14-19-4-3-11-29-23(19)15-31)26(34)30-13-17-5-7-18(8-6-17)22-10-9-21(28)12-20(22)16-36-2/h3-12,24,32,35H,13-16H2,1-2H3,(H,30,34)/t24-,27+/m0/s1. The third-order valence-corrected chi connectivity index (χ3v) is 6.31. The Labute approximate surface area is 208 Å². The maximum atomic E-state index is 13.6. The summed E-state index contributed by atoms with van der Waals surface area (Å²) in [5.41, 5.74) is 2.39. The molecule has 2 heterocycles. The summed E-state index contributed by atoms with van der Waals surface area (Å²) >= 11 is 0. The van der Waals surface area contributed by atoms with Gasteiger partial charge < -0.3 is 25.2 Å². The Balaban J connectivity index is 1.37. The minimum atomic E-state index is -2.33. The van der Waals surface area contributed by atoms with Crippen molar-refractivity contribution in [2.75, 3.05) is 7.11 Å². The summed E-state index contributed by atoms with van der Waals surface area (Å²) in [4.78, 5) is 31.1. The van der Waals surface area contributed by atoms with E-state index in [0.717, 1.165) is 34.9 Å². The highest BCUT2D eigenvalue weighted by atomic mass is 19.1. The lowest BCUT2D eigenvalue weighted by Crippen LogP contribution is -2.58. The molecule has 0 unspecified atom stereocenters. The van der Waals surface area contributed by atoms with Crippen LogP contribution < -0.4 is 5.32 Å². The first kappa shape index (κ1) is 25.4. The van der Waals surface area contributed by atoms with Crippen molar-refractivity contribution in [1.29, 1.82) is 0 Å². The van der Waals surface area contributed by atoms with Gasteiger partial charge in [-0.1, -0.05) is 36.4 Å². The molecule has 2 aromatic carbocycles. The van der Waals surface area contributed by atoms with E-state index in [1.54, 1.807) is 37.6 Å². The van der Waals surface area contributed by atoms with Gasteiger partial charge in [-0.3, -0.25) is 14.6 Å². The Kier molecular flexibility index (Phi) is 7.44. The molecule has 8 nitrogen and oxygen atoms in total. The Morgan fingerprint density at radius 2 is 1.94 bits per heavy atom. The van der Waals surface area contributed by atoms with Gasteiger partial charge in [0.25, 0.3) is 11.8 Å². The molecule has 4 rings (SSSR count). The molecule has 188 valence electrons. The molecule has 9 heteroatoms. The summed E-state index contributed by atoms with van der Waals surface area (Å²) in [5, 5.41) is 23.8. The zero-order valence-corrected chi connectivity index (χ0v) is 20.1. The van der Waals surface area contributed by atoms with Crippen LogP contribution in [-0.2, 0) is 40.6 Å². The van der Waals surface area contributed by atoms with E-state index >= 15 is 0 Å². The SMILES string of the molecule is COCc1cc(F)ccc1-c1ccc(CNC(=O)[C@](C)(O)[C@@H](O)C(=O)N2Cc3cccnc3C2)cc1. The number of carbonyl (C=O) groups is 2. The van der Waals surface area contributed by atoms with Crippen LogP contribution in [0.1, 0.15) is 29.3 Å². The first-order valence-corrected chi connectivity index (χ1v) is 11.5. The zero-order valence-electron chi connectivity index (χ0n) is 20.1. The molecule has 0 bridgehead atoms. The predicted molar refractivity (Wildman–Crippen MR) is 130 cm³/mol. The molecular formula is C27H28FN3O5. The average Bonchev–Trinajstić information content (AvgIpc) is 3.31. The number of halogens is 1. The minimum Gasteiger partial charge on any atom is -0.380 e. The van der Waals surface area contributed by atoms with Crippen molar-refractivity contribution in [2.45, 2.75) is 44.9 Å². The Morgan fingerprint density at radius 1 is 1.19 bits per heavy atom. The quantitative estimate of drug-likeness (QED) is 0.444. The number of ether oxygens (including phenoxy) is 1.